The van der Waals surface area contributed by atoms with Crippen molar-refractivity contribution in [1.29, 1.82) is 0 Å². The molecule has 1 aromatic carbocycles. The minimum Gasteiger partial charge on any atom is -0.493 e. The average Bonchev–Trinajstić information content (AvgIpc) is 2.84. The van der Waals surface area contributed by atoms with Gasteiger partial charge in [0, 0.05) is 37.5 Å². The Morgan fingerprint density at radius 1 is 1.37 bits per heavy atom. The maximum Gasteiger partial charge on any atom is 0.124 e. The molecule has 102 valence electrons. The first-order valence-electron chi connectivity index (χ1n) is 6.66. The van der Waals surface area contributed by atoms with E-state index in [0.29, 0.717) is 6.61 Å². The van der Waals surface area contributed by atoms with Gasteiger partial charge in [0.25, 0.3) is 0 Å². The van der Waals surface area contributed by atoms with Gasteiger partial charge < -0.3 is 15.0 Å². The van der Waals surface area contributed by atoms with Gasteiger partial charge in [0.15, 0.2) is 0 Å². The number of aromatic nitrogens is 2. The van der Waals surface area contributed by atoms with Crippen molar-refractivity contribution in [2.45, 2.75) is 25.8 Å². The van der Waals surface area contributed by atoms with E-state index in [-0.39, 0.29) is 6.04 Å². The first-order valence-corrected chi connectivity index (χ1v) is 6.66. The summed E-state index contributed by atoms with van der Waals surface area (Å²) in [7, 11) is 1.99. The second-order valence-corrected chi connectivity index (χ2v) is 4.61. The minimum atomic E-state index is 0.0318. The van der Waals surface area contributed by atoms with Crippen LogP contribution >= 0.6 is 0 Å². The van der Waals surface area contributed by atoms with Crippen LogP contribution in [0.15, 0.2) is 36.7 Å². The molecule has 0 saturated heterocycles. The van der Waals surface area contributed by atoms with Crippen molar-refractivity contribution < 1.29 is 4.74 Å². The van der Waals surface area contributed by atoms with Crippen LogP contribution in [0.2, 0.25) is 0 Å². The Hall–Kier alpha value is -1.81. The van der Waals surface area contributed by atoms with Crippen LogP contribution < -0.4 is 10.5 Å². The molecule has 1 aromatic heterocycles. The molecule has 1 heterocycles. The van der Waals surface area contributed by atoms with Gasteiger partial charge in [0.2, 0.25) is 0 Å². The Morgan fingerprint density at radius 3 is 2.84 bits per heavy atom. The van der Waals surface area contributed by atoms with Gasteiger partial charge in [0.1, 0.15) is 11.6 Å². The molecule has 19 heavy (non-hydrogen) atoms. The third kappa shape index (κ3) is 3.35. The fourth-order valence-corrected chi connectivity index (χ4v) is 2.03. The Morgan fingerprint density at radius 2 is 2.16 bits per heavy atom. The second-order valence-electron chi connectivity index (χ2n) is 4.61. The van der Waals surface area contributed by atoms with Crippen molar-refractivity contribution >= 4 is 0 Å². The van der Waals surface area contributed by atoms with Gasteiger partial charge in [-0.25, -0.2) is 4.98 Å². The summed E-state index contributed by atoms with van der Waals surface area (Å²) in [4.78, 5) is 4.28. The zero-order valence-corrected chi connectivity index (χ0v) is 11.5. The van der Waals surface area contributed by atoms with Crippen molar-refractivity contribution in [2.75, 3.05) is 6.61 Å². The maximum atomic E-state index is 6.09. The summed E-state index contributed by atoms with van der Waals surface area (Å²) in [5.74, 6) is 1.91. The largest absolute Gasteiger partial charge is 0.493 e. The molecule has 0 unspecified atom stereocenters. The van der Waals surface area contributed by atoms with Crippen LogP contribution in [0.1, 0.15) is 30.8 Å². The van der Waals surface area contributed by atoms with E-state index in [9.17, 15) is 0 Å². The summed E-state index contributed by atoms with van der Waals surface area (Å²) in [5.41, 5.74) is 7.16. The van der Waals surface area contributed by atoms with Crippen molar-refractivity contribution in [2.24, 2.45) is 12.8 Å². The van der Waals surface area contributed by atoms with Gasteiger partial charge in [-0.05, 0) is 12.5 Å². The van der Waals surface area contributed by atoms with E-state index in [1.165, 1.54) is 0 Å². The molecule has 0 spiro atoms. The summed E-state index contributed by atoms with van der Waals surface area (Å²) in [6, 6.07) is 8.01. The van der Waals surface area contributed by atoms with Crippen LogP contribution in [-0.2, 0) is 13.5 Å². The number of rotatable bonds is 6. The van der Waals surface area contributed by atoms with Gasteiger partial charge in [-0.2, -0.15) is 0 Å². The van der Waals surface area contributed by atoms with Crippen LogP contribution in [-0.4, -0.2) is 16.2 Å². The van der Waals surface area contributed by atoms with E-state index < -0.39 is 0 Å². The van der Waals surface area contributed by atoms with E-state index in [1.807, 2.05) is 42.1 Å². The highest BCUT2D eigenvalue weighted by atomic mass is 16.5. The lowest BCUT2D eigenvalue weighted by molar-refractivity contribution is 0.312. The second kappa shape index (κ2) is 6.38. The van der Waals surface area contributed by atoms with E-state index in [1.54, 1.807) is 6.20 Å². The molecule has 1 atom stereocenters. The molecule has 0 aliphatic heterocycles. The molecule has 0 aliphatic rings. The number of nitrogens with zero attached hydrogens (tertiary/aromatic N) is 2. The lowest BCUT2D eigenvalue weighted by Crippen LogP contribution is -2.12. The van der Waals surface area contributed by atoms with Crippen LogP contribution in [0.25, 0.3) is 0 Å². The number of aryl methyl sites for hydroxylation is 1. The zero-order chi connectivity index (χ0) is 13.7. The Kier molecular flexibility index (Phi) is 4.58. The SMILES string of the molecule is CC[C@H](N)c1ccccc1OCCc1nccn1C. The molecule has 2 rings (SSSR count). The zero-order valence-electron chi connectivity index (χ0n) is 11.5. The minimum absolute atomic E-state index is 0.0318. The average molecular weight is 259 g/mol. The highest BCUT2D eigenvalue weighted by Crippen LogP contribution is 2.25. The number of hydrogen-bond acceptors (Lipinski definition) is 3. The number of benzene rings is 1. The fourth-order valence-electron chi connectivity index (χ4n) is 2.03. The normalized spacial score (nSPS) is 12.4. The van der Waals surface area contributed by atoms with Crippen molar-refractivity contribution in [3.8, 4) is 5.75 Å². The predicted octanol–water partition coefficient (Wildman–Crippen LogP) is 2.45. The molecule has 0 fully saturated rings. The topological polar surface area (TPSA) is 53.1 Å². The number of hydrogen-bond donors (Lipinski definition) is 1. The molecule has 0 saturated carbocycles. The fraction of sp³-hybridized carbons (Fsp3) is 0.400. The number of para-hydroxylation sites is 1. The van der Waals surface area contributed by atoms with Gasteiger partial charge >= 0.3 is 0 Å². The van der Waals surface area contributed by atoms with E-state index in [2.05, 4.69) is 11.9 Å². The van der Waals surface area contributed by atoms with Gasteiger partial charge in [-0.1, -0.05) is 25.1 Å². The highest BCUT2D eigenvalue weighted by molar-refractivity contribution is 5.35. The van der Waals surface area contributed by atoms with Crippen molar-refractivity contribution in [3.05, 3.63) is 48.0 Å². The highest BCUT2D eigenvalue weighted by Gasteiger charge is 2.10. The van der Waals surface area contributed by atoms with Gasteiger partial charge in [0.05, 0.1) is 6.61 Å². The maximum absolute atomic E-state index is 6.09. The summed E-state index contributed by atoms with van der Waals surface area (Å²) >= 11 is 0. The van der Waals surface area contributed by atoms with Crippen LogP contribution in [0.5, 0.6) is 5.75 Å². The summed E-state index contributed by atoms with van der Waals surface area (Å²) in [6.07, 6.45) is 5.44. The van der Waals surface area contributed by atoms with E-state index in [4.69, 9.17) is 10.5 Å². The van der Waals surface area contributed by atoms with Crippen molar-refractivity contribution in [1.82, 2.24) is 9.55 Å². The third-order valence-electron chi connectivity index (χ3n) is 3.26. The summed E-state index contributed by atoms with van der Waals surface area (Å²) < 4.78 is 7.86. The predicted molar refractivity (Wildman–Crippen MR) is 76.1 cm³/mol. The monoisotopic (exact) mass is 259 g/mol. The lowest BCUT2D eigenvalue weighted by atomic mass is 10.0. The quantitative estimate of drug-likeness (QED) is 0.867. The van der Waals surface area contributed by atoms with Gasteiger partial charge in [-0.15, -0.1) is 0 Å². The molecule has 0 aliphatic carbocycles. The molecule has 0 amide bonds. The Bertz CT molecular complexity index is 522. The molecular formula is C15H21N3O. The Labute approximate surface area is 114 Å². The molecule has 4 nitrogen and oxygen atoms in total. The van der Waals surface area contributed by atoms with E-state index >= 15 is 0 Å². The van der Waals surface area contributed by atoms with Gasteiger partial charge in [-0.3, -0.25) is 0 Å². The smallest absolute Gasteiger partial charge is 0.124 e. The Balaban J connectivity index is 1.98. The van der Waals surface area contributed by atoms with Crippen LogP contribution in [0.3, 0.4) is 0 Å². The molecule has 4 heteroatoms. The van der Waals surface area contributed by atoms with Crippen LogP contribution in [0, 0.1) is 0 Å². The molecule has 0 radical (unpaired) electrons. The van der Waals surface area contributed by atoms with Crippen LogP contribution in [0.4, 0.5) is 0 Å². The standard InChI is InChI=1S/C15H21N3O/c1-3-13(16)12-6-4-5-7-14(12)19-11-8-15-17-9-10-18(15)2/h4-7,9-10,13H,3,8,11,16H2,1-2H3/t13-/m0/s1. The lowest BCUT2D eigenvalue weighted by Gasteiger charge is -2.15. The molecule has 0 bridgehead atoms. The number of ether oxygens (including phenoxy) is 1. The summed E-state index contributed by atoms with van der Waals surface area (Å²) in [5, 5.41) is 0. The number of imidazole rings is 1. The first-order chi connectivity index (χ1) is 9.22. The van der Waals surface area contributed by atoms with E-state index in [0.717, 1.165) is 30.0 Å². The first kappa shape index (κ1) is 13.6. The molecule has 2 N–H and O–H groups in total. The summed E-state index contributed by atoms with van der Waals surface area (Å²) in [6.45, 7) is 2.69. The molecular weight excluding hydrogens is 238 g/mol. The van der Waals surface area contributed by atoms with Crippen molar-refractivity contribution in [3.63, 3.8) is 0 Å². The number of nitrogens with two attached hydrogens (primary N) is 1. The third-order valence-corrected chi connectivity index (χ3v) is 3.26. The molecule has 2 aromatic rings.